The fourth-order valence-corrected chi connectivity index (χ4v) is 5.68. The van der Waals surface area contributed by atoms with Gasteiger partial charge in [-0.15, -0.1) is 0 Å². The van der Waals surface area contributed by atoms with Crippen molar-refractivity contribution in [3.63, 3.8) is 0 Å². The average Bonchev–Trinajstić information content (AvgIpc) is 3.02. The molecular formula is C34H38F2N8O4. The normalized spacial score (nSPS) is 17.8. The average molecular weight is 661 g/mol. The predicted octanol–water partition coefficient (Wildman–Crippen LogP) is 5.43. The van der Waals surface area contributed by atoms with Gasteiger partial charge in [0.15, 0.2) is 12.4 Å². The Morgan fingerprint density at radius 3 is 2.65 bits per heavy atom. The summed E-state index contributed by atoms with van der Waals surface area (Å²) < 4.78 is 40.2. The zero-order valence-electron chi connectivity index (χ0n) is 27.5. The first-order valence-corrected chi connectivity index (χ1v) is 15.7. The number of nitrogens with zero attached hydrogens (tertiary/aromatic N) is 6. The van der Waals surface area contributed by atoms with Gasteiger partial charge in [-0.2, -0.15) is 5.26 Å². The SMILES string of the molecule is CC(C)Cc1nc(NC2CCN(C(=O)OC(C)(C)C)C[C@H]2F)c(C=N)c(-c2ccc3c(c2)OCC(=O)N3Cc2ncc(F)cn2)c1C#N. The van der Waals surface area contributed by atoms with E-state index in [2.05, 4.69) is 21.4 Å². The Bertz CT molecular complexity index is 1750. The van der Waals surface area contributed by atoms with Crippen molar-refractivity contribution in [2.24, 2.45) is 5.92 Å². The molecule has 2 aromatic heterocycles. The number of carbonyl (C=O) groups is 2. The van der Waals surface area contributed by atoms with Crippen LogP contribution in [-0.2, 0) is 22.5 Å². The Labute approximate surface area is 277 Å². The fourth-order valence-electron chi connectivity index (χ4n) is 5.68. The quantitative estimate of drug-likeness (QED) is 0.301. The number of pyridine rings is 1. The van der Waals surface area contributed by atoms with Gasteiger partial charge in [0.05, 0.1) is 48.5 Å². The summed E-state index contributed by atoms with van der Waals surface area (Å²) in [5.41, 5.74) is 1.71. The number of ether oxygens (including phenoxy) is 2. The minimum absolute atomic E-state index is 0.0109. The highest BCUT2D eigenvalue weighted by Gasteiger charge is 2.35. The Morgan fingerprint density at radius 1 is 1.29 bits per heavy atom. The maximum absolute atomic E-state index is 15.6. The number of carbonyl (C=O) groups excluding carboxylic acids is 2. The summed E-state index contributed by atoms with van der Waals surface area (Å²) in [5, 5.41) is 22.0. The van der Waals surface area contributed by atoms with Crippen molar-refractivity contribution >= 4 is 29.7 Å². The third kappa shape index (κ3) is 7.51. The molecule has 0 spiro atoms. The molecule has 5 rings (SSSR count). The van der Waals surface area contributed by atoms with Crippen LogP contribution < -0.4 is 15.0 Å². The van der Waals surface area contributed by atoms with Gasteiger partial charge in [-0.3, -0.25) is 9.69 Å². The van der Waals surface area contributed by atoms with Gasteiger partial charge in [0.1, 0.15) is 35.2 Å². The lowest BCUT2D eigenvalue weighted by Crippen LogP contribution is -2.51. The van der Waals surface area contributed by atoms with E-state index in [9.17, 15) is 19.2 Å². The predicted molar refractivity (Wildman–Crippen MR) is 174 cm³/mol. The van der Waals surface area contributed by atoms with Crippen molar-refractivity contribution < 1.29 is 27.8 Å². The number of alkyl halides is 1. The molecule has 2 N–H and O–H groups in total. The summed E-state index contributed by atoms with van der Waals surface area (Å²) >= 11 is 0. The number of hydrogen-bond acceptors (Lipinski definition) is 10. The van der Waals surface area contributed by atoms with Crippen LogP contribution in [0.3, 0.4) is 0 Å². The molecule has 1 fully saturated rings. The number of hydrogen-bond donors (Lipinski definition) is 2. The van der Waals surface area contributed by atoms with Crippen LogP contribution in [0.4, 0.5) is 25.1 Å². The molecule has 0 bridgehead atoms. The molecular weight excluding hydrogens is 622 g/mol. The molecule has 0 saturated carbocycles. The number of anilines is 2. The molecule has 2 aliphatic heterocycles. The molecule has 3 aromatic rings. The van der Waals surface area contributed by atoms with Crippen LogP contribution in [0, 0.1) is 28.5 Å². The van der Waals surface area contributed by atoms with Crippen LogP contribution in [-0.4, -0.2) is 75.6 Å². The van der Waals surface area contributed by atoms with Gasteiger partial charge in [-0.05, 0) is 57.2 Å². The highest BCUT2D eigenvalue weighted by molar-refractivity contribution is 6.00. The van der Waals surface area contributed by atoms with E-state index in [4.69, 9.17) is 19.9 Å². The minimum Gasteiger partial charge on any atom is -0.482 e. The van der Waals surface area contributed by atoms with E-state index in [1.165, 1.54) is 9.80 Å². The maximum atomic E-state index is 15.6. The summed E-state index contributed by atoms with van der Waals surface area (Å²) in [7, 11) is 0. The number of nitrogens with one attached hydrogen (secondary N) is 2. The van der Waals surface area contributed by atoms with Crippen molar-refractivity contribution in [1.82, 2.24) is 19.9 Å². The number of fused-ring (bicyclic) bond motifs is 1. The standard InChI is InChI=1S/C34H38F2N8O4/c1-19(2)10-26-22(12-37)31(20-6-7-27-28(11-20)47-18-30(45)44(27)17-29-39-14-21(35)15-40-29)23(13-38)32(42-26)41-25-8-9-43(16-24(25)36)33(46)48-34(3,4)5/h6-7,11,13-15,19,24-25,38H,8-10,16-18H2,1-5H3,(H,41,42)/t24-,25?/m1/s1. The number of rotatable bonds is 8. The van der Waals surface area contributed by atoms with Crippen LogP contribution >= 0.6 is 0 Å². The fraction of sp³-hybridized carbons (Fsp3) is 0.441. The van der Waals surface area contributed by atoms with E-state index in [0.29, 0.717) is 34.7 Å². The van der Waals surface area contributed by atoms with E-state index < -0.39 is 29.7 Å². The summed E-state index contributed by atoms with van der Waals surface area (Å²) in [5.74, 6) is 0.0342. The third-order valence-corrected chi connectivity index (χ3v) is 7.85. The highest BCUT2D eigenvalue weighted by Crippen LogP contribution is 2.40. The van der Waals surface area contributed by atoms with E-state index in [0.717, 1.165) is 18.6 Å². The topological polar surface area (TPSA) is 157 Å². The number of benzene rings is 1. The van der Waals surface area contributed by atoms with E-state index in [-0.39, 0.29) is 67.3 Å². The number of halogens is 2. The summed E-state index contributed by atoms with van der Waals surface area (Å²) in [6.45, 7) is 9.05. The summed E-state index contributed by atoms with van der Waals surface area (Å²) in [6.07, 6.45) is 1.81. The van der Waals surface area contributed by atoms with Crippen LogP contribution in [0.1, 0.15) is 63.7 Å². The molecule has 0 aliphatic carbocycles. The number of aromatic nitrogens is 3. The molecule has 14 heteroatoms. The monoisotopic (exact) mass is 660 g/mol. The van der Waals surface area contributed by atoms with Crippen LogP contribution in [0.15, 0.2) is 30.6 Å². The first-order chi connectivity index (χ1) is 22.8. The molecule has 48 heavy (non-hydrogen) atoms. The van der Waals surface area contributed by atoms with Gasteiger partial charge in [0.2, 0.25) is 0 Å². The molecule has 1 saturated heterocycles. The smallest absolute Gasteiger partial charge is 0.410 e. The number of likely N-dealkylation sites (tertiary alicyclic amines) is 1. The molecule has 2 aliphatic rings. The molecule has 1 aromatic carbocycles. The molecule has 252 valence electrons. The largest absolute Gasteiger partial charge is 0.482 e. The Balaban J connectivity index is 1.51. The van der Waals surface area contributed by atoms with Crippen LogP contribution in [0.2, 0.25) is 0 Å². The number of amides is 2. The molecule has 1 unspecified atom stereocenters. The molecule has 0 radical (unpaired) electrons. The van der Waals surface area contributed by atoms with Crippen molar-refractivity contribution in [2.45, 2.75) is 71.8 Å². The van der Waals surface area contributed by atoms with Gasteiger partial charge >= 0.3 is 6.09 Å². The Hall–Kier alpha value is -5.19. The highest BCUT2D eigenvalue weighted by atomic mass is 19.1. The van der Waals surface area contributed by atoms with Crippen LogP contribution in [0.5, 0.6) is 5.75 Å². The third-order valence-electron chi connectivity index (χ3n) is 7.85. The van der Waals surface area contributed by atoms with Gasteiger partial charge in [0.25, 0.3) is 5.91 Å². The van der Waals surface area contributed by atoms with Crippen molar-refractivity contribution in [2.75, 3.05) is 29.9 Å². The lowest BCUT2D eigenvalue weighted by molar-refractivity contribution is -0.121. The lowest BCUT2D eigenvalue weighted by Gasteiger charge is -2.36. The zero-order valence-corrected chi connectivity index (χ0v) is 27.5. The first kappa shape index (κ1) is 34.2. The summed E-state index contributed by atoms with van der Waals surface area (Å²) in [6, 6.07) is 6.62. The van der Waals surface area contributed by atoms with Gasteiger partial charge in [-0.1, -0.05) is 19.9 Å². The molecule has 2 atom stereocenters. The minimum atomic E-state index is -1.45. The van der Waals surface area contributed by atoms with E-state index in [1.807, 2.05) is 13.8 Å². The summed E-state index contributed by atoms with van der Waals surface area (Å²) in [4.78, 5) is 40.9. The second-order valence-electron chi connectivity index (χ2n) is 13.2. The van der Waals surface area contributed by atoms with Crippen molar-refractivity contribution in [3.05, 3.63) is 59.1 Å². The Morgan fingerprint density at radius 2 is 2.02 bits per heavy atom. The number of nitriles is 1. The van der Waals surface area contributed by atoms with E-state index in [1.54, 1.807) is 39.0 Å². The van der Waals surface area contributed by atoms with Crippen molar-refractivity contribution in [3.8, 4) is 22.9 Å². The first-order valence-electron chi connectivity index (χ1n) is 15.7. The second-order valence-corrected chi connectivity index (χ2v) is 13.2. The van der Waals surface area contributed by atoms with Gasteiger partial charge in [-0.25, -0.2) is 28.5 Å². The molecule has 4 heterocycles. The maximum Gasteiger partial charge on any atom is 0.410 e. The zero-order chi connectivity index (χ0) is 34.7. The Kier molecular flexibility index (Phi) is 9.88. The molecule has 2 amide bonds. The van der Waals surface area contributed by atoms with Gasteiger partial charge < -0.3 is 25.1 Å². The van der Waals surface area contributed by atoms with Crippen molar-refractivity contribution in [1.29, 1.82) is 10.7 Å². The number of piperidine rings is 1. The van der Waals surface area contributed by atoms with E-state index >= 15 is 4.39 Å². The van der Waals surface area contributed by atoms with Crippen LogP contribution in [0.25, 0.3) is 11.1 Å². The van der Waals surface area contributed by atoms with Gasteiger partial charge in [0, 0.05) is 23.9 Å². The lowest BCUT2D eigenvalue weighted by atomic mass is 9.91. The second kappa shape index (κ2) is 13.9. The molecule has 12 nitrogen and oxygen atoms in total.